The predicted molar refractivity (Wildman–Crippen MR) is 65.7 cm³/mol. The Labute approximate surface area is 105 Å². The summed E-state index contributed by atoms with van der Waals surface area (Å²) >= 11 is 0. The third-order valence-electron chi connectivity index (χ3n) is 2.95. The fraction of sp³-hybridized carbons (Fsp3) is 0.385. The average Bonchev–Trinajstić information content (AvgIpc) is 2.81. The van der Waals surface area contributed by atoms with Crippen LogP contribution in [0.3, 0.4) is 0 Å². The standard InChI is InChI=1S/C13H15NO4/c1-8-7-9(4-5-10(8)13(16)17)14-12(15)11-3-2-6-18-11/h4-5,7,11H,2-3,6H2,1H3,(H,14,15)(H,16,17)/t11-/m0/s1. The molecule has 1 aliphatic rings. The molecule has 0 aliphatic carbocycles. The number of carboxylic acid groups (broad SMARTS) is 1. The Morgan fingerprint density at radius 1 is 1.44 bits per heavy atom. The molecular formula is C13H15NO4. The lowest BCUT2D eigenvalue weighted by Crippen LogP contribution is -2.26. The van der Waals surface area contributed by atoms with Crippen LogP contribution in [0.2, 0.25) is 0 Å². The number of aromatic carboxylic acids is 1. The molecule has 5 heteroatoms. The van der Waals surface area contributed by atoms with Crippen molar-refractivity contribution in [3.8, 4) is 0 Å². The molecule has 0 bridgehead atoms. The van der Waals surface area contributed by atoms with Gasteiger partial charge in [0.1, 0.15) is 6.10 Å². The quantitative estimate of drug-likeness (QED) is 0.856. The van der Waals surface area contributed by atoms with Crippen LogP contribution in [0.1, 0.15) is 28.8 Å². The van der Waals surface area contributed by atoms with Gasteiger partial charge in [-0.2, -0.15) is 0 Å². The SMILES string of the molecule is Cc1cc(NC(=O)[C@@H]2CCCO2)ccc1C(=O)O. The summed E-state index contributed by atoms with van der Waals surface area (Å²) in [5.74, 6) is -1.14. The van der Waals surface area contributed by atoms with Gasteiger partial charge in [0.05, 0.1) is 5.56 Å². The molecule has 96 valence electrons. The number of hydrogen-bond acceptors (Lipinski definition) is 3. The van der Waals surface area contributed by atoms with Gasteiger partial charge in [0.2, 0.25) is 0 Å². The Bertz CT molecular complexity index is 478. The summed E-state index contributed by atoms with van der Waals surface area (Å²) in [4.78, 5) is 22.6. The van der Waals surface area contributed by atoms with Gasteiger partial charge in [0.15, 0.2) is 0 Å². The molecule has 1 heterocycles. The van der Waals surface area contributed by atoms with E-state index in [0.717, 1.165) is 12.8 Å². The molecule has 1 aliphatic heterocycles. The second-order valence-electron chi connectivity index (χ2n) is 4.33. The maximum atomic E-state index is 11.8. The summed E-state index contributed by atoms with van der Waals surface area (Å²) < 4.78 is 5.27. The lowest BCUT2D eigenvalue weighted by Gasteiger charge is -2.11. The van der Waals surface area contributed by atoms with Crippen molar-refractivity contribution in [3.05, 3.63) is 29.3 Å². The van der Waals surface area contributed by atoms with E-state index in [0.29, 0.717) is 17.9 Å². The monoisotopic (exact) mass is 249 g/mol. The smallest absolute Gasteiger partial charge is 0.335 e. The normalized spacial score (nSPS) is 18.6. The number of aryl methyl sites for hydroxylation is 1. The second kappa shape index (κ2) is 5.18. The van der Waals surface area contributed by atoms with E-state index in [4.69, 9.17) is 9.84 Å². The number of ether oxygens (including phenoxy) is 1. The molecule has 18 heavy (non-hydrogen) atoms. The van der Waals surface area contributed by atoms with E-state index in [1.165, 1.54) is 6.07 Å². The van der Waals surface area contributed by atoms with Gasteiger partial charge in [-0.05, 0) is 43.5 Å². The first-order chi connectivity index (χ1) is 8.58. The molecule has 1 saturated heterocycles. The summed E-state index contributed by atoms with van der Waals surface area (Å²) in [6.45, 7) is 2.32. The summed E-state index contributed by atoms with van der Waals surface area (Å²) in [5.41, 5.74) is 1.45. The van der Waals surface area contributed by atoms with E-state index in [1.807, 2.05) is 0 Å². The zero-order valence-corrected chi connectivity index (χ0v) is 10.1. The Morgan fingerprint density at radius 2 is 2.22 bits per heavy atom. The van der Waals surface area contributed by atoms with Crippen LogP contribution in [0.15, 0.2) is 18.2 Å². The molecule has 0 radical (unpaired) electrons. The molecule has 0 unspecified atom stereocenters. The predicted octanol–water partition coefficient (Wildman–Crippen LogP) is 1.81. The minimum absolute atomic E-state index is 0.171. The number of carbonyl (C=O) groups is 2. The first-order valence-corrected chi connectivity index (χ1v) is 5.84. The van der Waals surface area contributed by atoms with Crippen molar-refractivity contribution >= 4 is 17.6 Å². The van der Waals surface area contributed by atoms with E-state index in [9.17, 15) is 9.59 Å². The number of benzene rings is 1. The molecule has 1 amide bonds. The van der Waals surface area contributed by atoms with Crippen LogP contribution in [-0.4, -0.2) is 29.7 Å². The van der Waals surface area contributed by atoms with Gasteiger partial charge in [-0.25, -0.2) is 4.79 Å². The molecule has 0 spiro atoms. The van der Waals surface area contributed by atoms with Gasteiger partial charge in [0.25, 0.3) is 5.91 Å². The number of hydrogen-bond donors (Lipinski definition) is 2. The van der Waals surface area contributed by atoms with Crippen LogP contribution < -0.4 is 5.32 Å². The van der Waals surface area contributed by atoms with Crippen molar-refractivity contribution in [1.29, 1.82) is 0 Å². The Balaban J connectivity index is 2.07. The summed E-state index contributed by atoms with van der Waals surface area (Å²) in [5, 5.41) is 11.6. The van der Waals surface area contributed by atoms with E-state index < -0.39 is 5.97 Å². The largest absolute Gasteiger partial charge is 0.478 e. The van der Waals surface area contributed by atoms with Crippen molar-refractivity contribution in [2.45, 2.75) is 25.9 Å². The van der Waals surface area contributed by atoms with Crippen LogP contribution in [0.4, 0.5) is 5.69 Å². The van der Waals surface area contributed by atoms with Crippen molar-refractivity contribution in [2.75, 3.05) is 11.9 Å². The third-order valence-corrected chi connectivity index (χ3v) is 2.95. The first-order valence-electron chi connectivity index (χ1n) is 5.84. The number of rotatable bonds is 3. The van der Waals surface area contributed by atoms with Crippen LogP contribution in [0, 0.1) is 6.92 Å². The maximum Gasteiger partial charge on any atom is 0.335 e. The van der Waals surface area contributed by atoms with Gasteiger partial charge in [-0.3, -0.25) is 4.79 Å². The van der Waals surface area contributed by atoms with Crippen molar-refractivity contribution < 1.29 is 19.4 Å². The zero-order chi connectivity index (χ0) is 13.1. The summed E-state index contributed by atoms with van der Waals surface area (Å²) in [6.07, 6.45) is 1.25. The minimum Gasteiger partial charge on any atom is -0.478 e. The van der Waals surface area contributed by atoms with E-state index in [1.54, 1.807) is 19.1 Å². The topological polar surface area (TPSA) is 75.6 Å². The number of carboxylic acids is 1. The van der Waals surface area contributed by atoms with Gasteiger partial charge in [-0.15, -0.1) is 0 Å². The molecule has 2 rings (SSSR count). The Morgan fingerprint density at radius 3 is 2.78 bits per heavy atom. The van der Waals surface area contributed by atoms with Crippen molar-refractivity contribution in [1.82, 2.24) is 0 Å². The lowest BCUT2D eigenvalue weighted by molar-refractivity contribution is -0.124. The summed E-state index contributed by atoms with van der Waals surface area (Å²) in [7, 11) is 0. The van der Waals surface area contributed by atoms with Gasteiger partial charge >= 0.3 is 5.97 Å². The molecule has 1 aromatic rings. The first kappa shape index (κ1) is 12.6. The van der Waals surface area contributed by atoms with Crippen molar-refractivity contribution in [2.24, 2.45) is 0 Å². The lowest BCUT2D eigenvalue weighted by atomic mass is 10.1. The fourth-order valence-electron chi connectivity index (χ4n) is 1.99. The third kappa shape index (κ3) is 2.68. The molecule has 1 aromatic carbocycles. The maximum absolute atomic E-state index is 11.8. The van der Waals surface area contributed by atoms with Gasteiger partial charge in [0, 0.05) is 12.3 Å². The molecule has 5 nitrogen and oxygen atoms in total. The molecule has 1 atom stereocenters. The highest BCUT2D eigenvalue weighted by Gasteiger charge is 2.23. The molecule has 2 N–H and O–H groups in total. The van der Waals surface area contributed by atoms with E-state index in [2.05, 4.69) is 5.32 Å². The fourth-order valence-corrected chi connectivity index (χ4v) is 1.99. The highest BCUT2D eigenvalue weighted by atomic mass is 16.5. The minimum atomic E-state index is -0.968. The van der Waals surface area contributed by atoms with Gasteiger partial charge in [-0.1, -0.05) is 0 Å². The number of amides is 1. The molecule has 0 saturated carbocycles. The summed E-state index contributed by atoms with van der Waals surface area (Å²) in [6, 6.07) is 4.72. The highest BCUT2D eigenvalue weighted by Crippen LogP contribution is 2.18. The van der Waals surface area contributed by atoms with Crippen LogP contribution >= 0.6 is 0 Å². The number of nitrogens with one attached hydrogen (secondary N) is 1. The van der Waals surface area contributed by atoms with Crippen LogP contribution in [-0.2, 0) is 9.53 Å². The molecule has 1 fully saturated rings. The Kier molecular flexibility index (Phi) is 3.62. The van der Waals surface area contributed by atoms with Crippen molar-refractivity contribution in [3.63, 3.8) is 0 Å². The zero-order valence-electron chi connectivity index (χ0n) is 10.1. The highest BCUT2D eigenvalue weighted by molar-refractivity contribution is 5.95. The molecular weight excluding hydrogens is 234 g/mol. The molecule has 0 aromatic heterocycles. The van der Waals surface area contributed by atoms with Crippen LogP contribution in [0.25, 0.3) is 0 Å². The Hall–Kier alpha value is -1.88. The average molecular weight is 249 g/mol. The number of carbonyl (C=O) groups excluding carboxylic acids is 1. The number of anilines is 1. The van der Waals surface area contributed by atoms with Crippen LogP contribution in [0.5, 0.6) is 0 Å². The van der Waals surface area contributed by atoms with Gasteiger partial charge < -0.3 is 15.2 Å². The van der Waals surface area contributed by atoms with E-state index >= 15 is 0 Å². The second-order valence-corrected chi connectivity index (χ2v) is 4.33. The van der Waals surface area contributed by atoms with E-state index in [-0.39, 0.29) is 17.6 Å².